The molecule has 3 heterocycles. The van der Waals surface area contributed by atoms with Crippen molar-refractivity contribution < 1.29 is 4.57 Å². The molecule has 4 rings (SSSR count). The topological polar surface area (TPSA) is 36.8 Å². The molecule has 5 nitrogen and oxygen atoms in total. The van der Waals surface area contributed by atoms with Gasteiger partial charge < -0.3 is 4.90 Å². The summed E-state index contributed by atoms with van der Waals surface area (Å²) in [6.07, 6.45) is 8.81. The molecule has 2 aliphatic heterocycles. The molecule has 1 aromatic heterocycles. The van der Waals surface area contributed by atoms with Crippen LogP contribution in [0.25, 0.3) is 0 Å². The van der Waals surface area contributed by atoms with Crippen LogP contribution in [-0.4, -0.2) is 17.7 Å². The number of hydrogen-bond acceptors (Lipinski definition) is 3. The van der Waals surface area contributed by atoms with E-state index in [1.54, 1.807) is 0 Å². The lowest BCUT2D eigenvalue weighted by atomic mass is 9.91. The molecule has 0 N–H and O–H groups in total. The maximum atomic E-state index is 4.50. The van der Waals surface area contributed by atoms with Crippen LogP contribution in [0.3, 0.4) is 0 Å². The summed E-state index contributed by atoms with van der Waals surface area (Å²) in [7, 11) is 3.98. The lowest BCUT2D eigenvalue weighted by molar-refractivity contribution is -0.657. The van der Waals surface area contributed by atoms with Gasteiger partial charge in [-0.3, -0.25) is 0 Å². The van der Waals surface area contributed by atoms with Crippen LogP contribution in [0.1, 0.15) is 24.0 Å². The fourth-order valence-corrected chi connectivity index (χ4v) is 3.67. The van der Waals surface area contributed by atoms with E-state index in [0.29, 0.717) is 0 Å². The molecule has 2 aromatic rings. The third-order valence-corrected chi connectivity index (χ3v) is 4.72. The molecule has 0 amide bonds. The molecule has 0 unspecified atom stereocenters. The van der Waals surface area contributed by atoms with E-state index in [1.165, 1.54) is 55.6 Å². The highest BCUT2D eigenvalue weighted by molar-refractivity contribution is 5.67. The van der Waals surface area contributed by atoms with Crippen LogP contribution in [0.4, 0.5) is 17.3 Å². The first-order valence-corrected chi connectivity index (χ1v) is 8.06. The van der Waals surface area contributed by atoms with E-state index in [1.807, 2.05) is 35.6 Å². The Labute approximate surface area is 130 Å². The minimum Gasteiger partial charge on any atom is -0.371 e. The number of aryl methyl sites for hydroxylation is 4. The van der Waals surface area contributed by atoms with Gasteiger partial charge in [-0.15, -0.1) is 0 Å². The molecule has 0 saturated carbocycles. The Morgan fingerprint density at radius 3 is 2.32 bits per heavy atom. The van der Waals surface area contributed by atoms with Crippen LogP contribution in [0.15, 0.2) is 34.8 Å². The first-order chi connectivity index (χ1) is 10.7. The highest BCUT2D eigenvalue weighted by Gasteiger charge is 2.24. The minimum absolute atomic E-state index is 0.855. The van der Waals surface area contributed by atoms with Gasteiger partial charge in [0.15, 0.2) is 0 Å². The first kappa shape index (κ1) is 13.5. The van der Waals surface area contributed by atoms with Gasteiger partial charge in [0.2, 0.25) is 0 Å². The Kier molecular flexibility index (Phi) is 3.21. The Morgan fingerprint density at radius 2 is 1.73 bits per heavy atom. The zero-order valence-electron chi connectivity index (χ0n) is 13.3. The van der Waals surface area contributed by atoms with Crippen LogP contribution in [-0.2, 0) is 26.9 Å². The zero-order chi connectivity index (χ0) is 15.1. The monoisotopic (exact) mass is 296 g/mol. The standard InChI is InChI=1S/C17H22N5/c1-20-9-10-21(2)17(20)19-18-15-11-13-5-3-7-22-8-4-6-14(12-15)16(13)22/h9-12H,3-8H2,1-2H3/q+1. The number of rotatable bonds is 2. The van der Waals surface area contributed by atoms with Crippen LogP contribution in [0, 0.1) is 0 Å². The molecule has 1 aromatic carbocycles. The van der Waals surface area contributed by atoms with Crippen molar-refractivity contribution in [1.29, 1.82) is 0 Å². The van der Waals surface area contributed by atoms with E-state index in [4.69, 9.17) is 0 Å². The second-order valence-corrected chi connectivity index (χ2v) is 6.33. The lowest BCUT2D eigenvalue weighted by Crippen LogP contribution is -2.34. The van der Waals surface area contributed by atoms with Gasteiger partial charge in [-0.25, -0.2) is 9.13 Å². The summed E-state index contributed by atoms with van der Waals surface area (Å²) in [5.74, 6) is 0.855. The fraction of sp³-hybridized carbons (Fsp3) is 0.471. The molecule has 114 valence electrons. The highest BCUT2D eigenvalue weighted by atomic mass is 15.3. The summed E-state index contributed by atoms with van der Waals surface area (Å²) in [5, 5.41) is 8.94. The molecule has 2 aliphatic rings. The van der Waals surface area contributed by atoms with E-state index >= 15 is 0 Å². The third kappa shape index (κ3) is 2.21. The second-order valence-electron chi connectivity index (χ2n) is 6.33. The molecule has 0 atom stereocenters. The maximum Gasteiger partial charge on any atom is 0.421 e. The van der Waals surface area contributed by atoms with Crippen molar-refractivity contribution in [3.8, 4) is 0 Å². The lowest BCUT2D eigenvalue weighted by Gasteiger charge is -2.36. The van der Waals surface area contributed by atoms with E-state index in [-0.39, 0.29) is 0 Å². The Hall–Kier alpha value is -2.17. The van der Waals surface area contributed by atoms with Crippen molar-refractivity contribution in [3.05, 3.63) is 35.7 Å². The third-order valence-electron chi connectivity index (χ3n) is 4.72. The number of benzene rings is 1. The SMILES string of the molecule is Cn1cc[n+](C)c1/N=N/c1cc2c3c(c1)CCCN3CCC2. The van der Waals surface area contributed by atoms with Crippen molar-refractivity contribution >= 4 is 17.3 Å². The molecule has 0 aliphatic carbocycles. The summed E-state index contributed by atoms with van der Waals surface area (Å²) in [5.41, 5.74) is 5.38. The summed E-state index contributed by atoms with van der Waals surface area (Å²) in [4.78, 5) is 2.55. The number of nitrogens with zero attached hydrogens (tertiary/aromatic N) is 5. The normalized spacial score (nSPS) is 17.1. The second kappa shape index (κ2) is 5.23. The summed E-state index contributed by atoms with van der Waals surface area (Å²) in [6.45, 7) is 2.42. The van der Waals surface area contributed by atoms with Crippen LogP contribution in [0.5, 0.6) is 0 Å². The van der Waals surface area contributed by atoms with E-state index < -0.39 is 0 Å². The largest absolute Gasteiger partial charge is 0.421 e. The number of anilines is 1. The van der Waals surface area contributed by atoms with Crippen molar-refractivity contribution in [2.75, 3.05) is 18.0 Å². The molecule has 0 spiro atoms. The minimum atomic E-state index is 0.855. The number of aromatic nitrogens is 2. The van der Waals surface area contributed by atoms with E-state index in [9.17, 15) is 0 Å². The molecule has 0 fully saturated rings. The van der Waals surface area contributed by atoms with E-state index in [2.05, 4.69) is 27.3 Å². The molecular formula is C17H22N5+. The van der Waals surface area contributed by atoms with Gasteiger partial charge in [-0.1, -0.05) is 5.11 Å². The smallest absolute Gasteiger partial charge is 0.371 e. The fourth-order valence-electron chi connectivity index (χ4n) is 3.67. The molecule has 0 bridgehead atoms. The predicted molar refractivity (Wildman–Crippen MR) is 86.1 cm³/mol. The van der Waals surface area contributed by atoms with Crippen LogP contribution >= 0.6 is 0 Å². The molecular weight excluding hydrogens is 274 g/mol. The maximum absolute atomic E-state index is 4.50. The molecule has 22 heavy (non-hydrogen) atoms. The Bertz CT molecular complexity index is 693. The van der Waals surface area contributed by atoms with Gasteiger partial charge in [0, 0.05) is 23.9 Å². The number of imidazole rings is 1. The van der Waals surface area contributed by atoms with Gasteiger partial charge in [0.1, 0.15) is 5.69 Å². The summed E-state index contributed by atoms with van der Waals surface area (Å²) in [6, 6.07) is 4.45. The zero-order valence-corrected chi connectivity index (χ0v) is 13.3. The van der Waals surface area contributed by atoms with Crippen molar-refractivity contribution in [2.24, 2.45) is 24.3 Å². The first-order valence-electron chi connectivity index (χ1n) is 8.06. The summed E-state index contributed by atoms with van der Waals surface area (Å²) >= 11 is 0. The quantitative estimate of drug-likeness (QED) is 0.620. The molecule has 5 heteroatoms. The summed E-state index contributed by atoms with van der Waals surface area (Å²) < 4.78 is 3.96. The highest BCUT2D eigenvalue weighted by Crippen LogP contribution is 2.38. The van der Waals surface area contributed by atoms with Crippen LogP contribution in [0.2, 0.25) is 0 Å². The predicted octanol–water partition coefficient (Wildman–Crippen LogP) is 2.96. The van der Waals surface area contributed by atoms with E-state index in [0.717, 1.165) is 11.6 Å². The molecule has 0 saturated heterocycles. The van der Waals surface area contributed by atoms with Gasteiger partial charge >= 0.3 is 5.95 Å². The Morgan fingerprint density at radius 1 is 1.05 bits per heavy atom. The Balaban J connectivity index is 1.72. The van der Waals surface area contributed by atoms with Crippen molar-refractivity contribution in [3.63, 3.8) is 0 Å². The number of hydrogen-bond donors (Lipinski definition) is 0. The molecule has 0 radical (unpaired) electrons. The average Bonchev–Trinajstić information content (AvgIpc) is 2.84. The average molecular weight is 296 g/mol. The van der Waals surface area contributed by atoms with Crippen molar-refractivity contribution in [2.45, 2.75) is 25.7 Å². The van der Waals surface area contributed by atoms with Gasteiger partial charge in [-0.2, -0.15) is 0 Å². The van der Waals surface area contributed by atoms with Gasteiger partial charge in [0.05, 0.1) is 26.5 Å². The van der Waals surface area contributed by atoms with Gasteiger partial charge in [0.25, 0.3) is 0 Å². The van der Waals surface area contributed by atoms with Gasteiger partial charge in [-0.05, 0) is 48.9 Å². The van der Waals surface area contributed by atoms with Crippen molar-refractivity contribution in [1.82, 2.24) is 4.57 Å². The number of azo groups is 1. The van der Waals surface area contributed by atoms with Crippen LogP contribution < -0.4 is 9.47 Å².